The topological polar surface area (TPSA) is 125 Å². The molecule has 2 heterocycles. The Morgan fingerprint density at radius 1 is 1.35 bits per heavy atom. The summed E-state index contributed by atoms with van der Waals surface area (Å²) in [6, 6.07) is 0. The molecule has 1 aliphatic rings. The molecule has 8 nitrogen and oxygen atoms in total. The van der Waals surface area contributed by atoms with Crippen molar-refractivity contribution in [2.24, 2.45) is 0 Å². The van der Waals surface area contributed by atoms with Crippen LogP contribution in [0.5, 0.6) is 0 Å². The maximum Gasteiger partial charge on any atom is 0.325 e. The quantitative estimate of drug-likeness (QED) is 0.743. The number of thiazole rings is 1. The van der Waals surface area contributed by atoms with E-state index in [9.17, 15) is 18.0 Å². The van der Waals surface area contributed by atoms with Crippen LogP contribution in [0.15, 0.2) is 26.2 Å². The lowest BCUT2D eigenvalue weighted by atomic mass is 10.5. The van der Waals surface area contributed by atoms with Gasteiger partial charge < -0.3 is 4.98 Å². The monoisotopic (exact) mass is 314 g/mol. The molecule has 0 amide bonds. The molecule has 0 atom stereocenters. The van der Waals surface area contributed by atoms with E-state index in [-0.39, 0.29) is 9.90 Å². The van der Waals surface area contributed by atoms with Crippen molar-refractivity contribution in [3.05, 3.63) is 38.2 Å². The van der Waals surface area contributed by atoms with Gasteiger partial charge in [0.1, 0.15) is 5.69 Å². The van der Waals surface area contributed by atoms with Crippen molar-refractivity contribution in [3.8, 4) is 0 Å². The zero-order chi connectivity index (χ0) is 14.3. The number of aromatic nitrogens is 3. The van der Waals surface area contributed by atoms with E-state index < -0.39 is 21.3 Å². The number of nitrogens with zero attached hydrogens (tertiary/aromatic N) is 1. The lowest BCUT2D eigenvalue weighted by Crippen LogP contribution is -2.26. The van der Waals surface area contributed by atoms with Crippen molar-refractivity contribution in [2.45, 2.75) is 23.0 Å². The van der Waals surface area contributed by atoms with Crippen molar-refractivity contribution in [3.63, 3.8) is 0 Å². The van der Waals surface area contributed by atoms with Crippen molar-refractivity contribution in [1.82, 2.24) is 15.0 Å². The van der Waals surface area contributed by atoms with Crippen molar-refractivity contribution < 1.29 is 8.42 Å². The Hall–Kier alpha value is -1.94. The SMILES string of the molecule is O=c1[nH]cc(NS(=O)(=O)c2cnc(C3CC3)s2)c(=O)[nH]1. The average Bonchev–Trinajstić information content (AvgIpc) is 3.10. The molecule has 0 aliphatic heterocycles. The molecule has 1 fully saturated rings. The molecule has 1 saturated carbocycles. The fraction of sp³-hybridized carbons (Fsp3) is 0.300. The molecular formula is C10H10N4O4S2. The molecule has 0 spiro atoms. The second-order valence-corrected chi connectivity index (χ2v) is 7.35. The Labute approximate surface area is 117 Å². The number of sulfonamides is 1. The smallest absolute Gasteiger partial charge is 0.312 e. The largest absolute Gasteiger partial charge is 0.325 e. The third-order valence-electron chi connectivity index (χ3n) is 2.76. The molecule has 20 heavy (non-hydrogen) atoms. The fourth-order valence-electron chi connectivity index (χ4n) is 1.60. The first-order valence-corrected chi connectivity index (χ1v) is 8.06. The van der Waals surface area contributed by atoms with Gasteiger partial charge in [0, 0.05) is 12.1 Å². The molecule has 0 saturated heterocycles. The Morgan fingerprint density at radius 2 is 2.10 bits per heavy atom. The van der Waals surface area contributed by atoms with Gasteiger partial charge in [-0.3, -0.25) is 14.5 Å². The van der Waals surface area contributed by atoms with Crippen LogP contribution in [-0.4, -0.2) is 23.4 Å². The first-order chi connectivity index (χ1) is 9.45. The maximum absolute atomic E-state index is 12.1. The van der Waals surface area contributed by atoms with Crippen LogP contribution in [0.4, 0.5) is 5.69 Å². The van der Waals surface area contributed by atoms with Crippen molar-refractivity contribution >= 4 is 27.0 Å². The summed E-state index contributed by atoms with van der Waals surface area (Å²) in [6.07, 6.45) is 4.35. The zero-order valence-electron chi connectivity index (χ0n) is 10.0. The second-order valence-electron chi connectivity index (χ2n) is 4.38. The molecule has 106 valence electrons. The Bertz CT molecular complexity index is 860. The molecule has 3 rings (SSSR count). The summed E-state index contributed by atoms with van der Waals surface area (Å²) in [5, 5.41) is 0.792. The number of hydrogen-bond acceptors (Lipinski definition) is 6. The molecule has 2 aromatic rings. The molecule has 3 N–H and O–H groups in total. The van der Waals surface area contributed by atoms with E-state index in [1.807, 2.05) is 4.98 Å². The van der Waals surface area contributed by atoms with E-state index in [1.54, 1.807) is 0 Å². The minimum Gasteiger partial charge on any atom is -0.312 e. The van der Waals surface area contributed by atoms with E-state index >= 15 is 0 Å². The number of anilines is 1. The van der Waals surface area contributed by atoms with Crippen LogP contribution in [0.1, 0.15) is 23.8 Å². The standard InChI is InChI=1S/C10H10N4O4S2/c15-8-6(3-12-10(16)13-8)14-20(17,18)7-4-11-9(19-7)5-1-2-5/h3-5,14H,1-2H2,(H2,12,13,15,16). The Morgan fingerprint density at radius 3 is 2.75 bits per heavy atom. The summed E-state index contributed by atoms with van der Waals surface area (Å²) in [4.78, 5) is 30.5. The zero-order valence-corrected chi connectivity index (χ0v) is 11.7. The van der Waals surface area contributed by atoms with Crippen molar-refractivity contribution in [2.75, 3.05) is 4.72 Å². The van der Waals surface area contributed by atoms with Gasteiger partial charge >= 0.3 is 5.69 Å². The molecule has 0 bridgehead atoms. The van der Waals surface area contributed by atoms with E-state index in [0.717, 1.165) is 35.4 Å². The van der Waals surface area contributed by atoms with E-state index in [4.69, 9.17) is 0 Å². The lowest BCUT2D eigenvalue weighted by Gasteiger charge is -2.03. The molecule has 2 aromatic heterocycles. The van der Waals surface area contributed by atoms with Crippen LogP contribution in [-0.2, 0) is 10.0 Å². The minimum atomic E-state index is -3.87. The molecule has 0 unspecified atom stereocenters. The van der Waals surface area contributed by atoms with Crippen LogP contribution in [0.25, 0.3) is 0 Å². The average molecular weight is 314 g/mol. The molecule has 0 aromatic carbocycles. The summed E-state index contributed by atoms with van der Waals surface area (Å²) in [7, 11) is -3.87. The highest BCUT2D eigenvalue weighted by Crippen LogP contribution is 2.42. The van der Waals surface area contributed by atoms with Gasteiger partial charge in [0.05, 0.1) is 11.2 Å². The predicted octanol–water partition coefficient (Wildman–Crippen LogP) is 0.198. The van der Waals surface area contributed by atoms with Crippen LogP contribution < -0.4 is 16.0 Å². The van der Waals surface area contributed by atoms with Gasteiger partial charge in [-0.05, 0) is 12.8 Å². The van der Waals surface area contributed by atoms with Gasteiger partial charge in [0.25, 0.3) is 15.6 Å². The Kier molecular flexibility index (Phi) is 2.98. The molecule has 0 radical (unpaired) electrons. The third-order valence-corrected chi connectivity index (χ3v) is 5.74. The lowest BCUT2D eigenvalue weighted by molar-refractivity contribution is 0.603. The van der Waals surface area contributed by atoms with Gasteiger partial charge in [-0.1, -0.05) is 0 Å². The molecular weight excluding hydrogens is 304 g/mol. The number of H-pyrrole nitrogens is 2. The number of nitrogens with one attached hydrogen (secondary N) is 3. The van der Waals surface area contributed by atoms with E-state index in [0.29, 0.717) is 5.92 Å². The maximum atomic E-state index is 12.1. The van der Waals surface area contributed by atoms with Gasteiger partial charge in [-0.2, -0.15) is 0 Å². The van der Waals surface area contributed by atoms with Gasteiger partial charge in [0.2, 0.25) is 0 Å². The number of hydrogen-bond donors (Lipinski definition) is 3. The highest BCUT2D eigenvalue weighted by Gasteiger charge is 2.29. The minimum absolute atomic E-state index is 0.0463. The number of aromatic amines is 2. The summed E-state index contributed by atoms with van der Waals surface area (Å²) >= 11 is 1.09. The molecule has 1 aliphatic carbocycles. The molecule has 10 heteroatoms. The summed E-state index contributed by atoms with van der Waals surface area (Å²) in [5.74, 6) is 0.362. The van der Waals surface area contributed by atoms with Crippen LogP contribution >= 0.6 is 11.3 Å². The normalized spacial score (nSPS) is 15.2. The summed E-state index contributed by atoms with van der Waals surface area (Å²) < 4.78 is 26.4. The first kappa shape index (κ1) is 13.1. The second kappa shape index (κ2) is 4.56. The van der Waals surface area contributed by atoms with Crippen LogP contribution in [0.3, 0.4) is 0 Å². The Balaban J connectivity index is 1.91. The third kappa shape index (κ3) is 2.51. The highest BCUT2D eigenvalue weighted by atomic mass is 32.2. The van der Waals surface area contributed by atoms with Gasteiger partial charge in [0.15, 0.2) is 4.21 Å². The first-order valence-electron chi connectivity index (χ1n) is 5.76. The fourth-order valence-corrected chi connectivity index (χ4v) is 3.97. The highest BCUT2D eigenvalue weighted by molar-refractivity contribution is 7.94. The van der Waals surface area contributed by atoms with Crippen molar-refractivity contribution in [1.29, 1.82) is 0 Å². The predicted molar refractivity (Wildman–Crippen MR) is 72.6 cm³/mol. The summed E-state index contributed by atoms with van der Waals surface area (Å²) in [6.45, 7) is 0. The van der Waals surface area contributed by atoms with E-state index in [2.05, 4.69) is 14.7 Å². The van der Waals surface area contributed by atoms with Crippen LogP contribution in [0, 0.1) is 0 Å². The number of rotatable bonds is 4. The van der Waals surface area contributed by atoms with E-state index in [1.165, 1.54) is 6.20 Å². The van der Waals surface area contributed by atoms with Crippen LogP contribution in [0.2, 0.25) is 0 Å². The van der Waals surface area contributed by atoms with Gasteiger partial charge in [-0.25, -0.2) is 18.2 Å². The van der Waals surface area contributed by atoms with Gasteiger partial charge in [-0.15, -0.1) is 11.3 Å². The summed E-state index contributed by atoms with van der Waals surface area (Å²) in [5.41, 5.74) is -1.75.